The van der Waals surface area contributed by atoms with Crippen LogP contribution in [0.5, 0.6) is 0 Å². The third kappa shape index (κ3) is 7.55. The van der Waals surface area contributed by atoms with Crippen molar-refractivity contribution < 1.29 is 39.3 Å². The number of carboxylic acids is 2. The minimum atomic E-state index is -1.65. The Hall–Kier alpha value is -5.21. The number of para-hydroxylation sites is 2. The third-order valence-corrected chi connectivity index (χ3v) is 6.99. The monoisotopic (exact) mass is 592 g/mol. The Balaban J connectivity index is 1.52. The zero-order valence-electron chi connectivity index (χ0n) is 22.9. The summed E-state index contributed by atoms with van der Waals surface area (Å²) < 4.78 is 0. The van der Waals surface area contributed by atoms with E-state index in [0.29, 0.717) is 5.56 Å². The van der Waals surface area contributed by atoms with Crippen LogP contribution in [-0.2, 0) is 36.8 Å². The Kier molecular flexibility index (Phi) is 9.75. The van der Waals surface area contributed by atoms with Crippen LogP contribution >= 0.6 is 0 Å². The Morgan fingerprint density at radius 3 is 1.72 bits per heavy atom. The highest BCUT2D eigenvalue weighted by Crippen LogP contribution is 2.20. The number of benzene rings is 2. The lowest BCUT2D eigenvalue weighted by Gasteiger charge is -2.24. The van der Waals surface area contributed by atoms with Crippen LogP contribution < -0.4 is 21.7 Å². The minimum Gasteiger partial charge on any atom is -0.481 e. The highest BCUT2D eigenvalue weighted by Gasteiger charge is 2.32. The number of H-pyrrole nitrogens is 2. The number of aromatic nitrogens is 2. The molecule has 0 saturated carbocycles. The normalized spacial score (nSPS) is 14.0. The van der Waals surface area contributed by atoms with E-state index in [9.17, 15) is 39.3 Å². The second-order valence-corrected chi connectivity index (χ2v) is 10.0. The van der Waals surface area contributed by atoms with Crippen LogP contribution in [0.2, 0.25) is 0 Å². The molecular weight excluding hydrogens is 560 g/mol. The fourth-order valence-corrected chi connectivity index (χ4v) is 4.75. The van der Waals surface area contributed by atoms with Crippen molar-refractivity contribution in [3.63, 3.8) is 0 Å². The standard InChI is InChI=1S/C29H32N6O8/c30-19(9-15-12-31-20-7-3-1-5-17(15)20)26(39)33-23(11-25(37)38)28(41)34-22(27(40)35-24(14-36)29(42)43)10-16-13-32-21-8-4-2-6-18(16)21/h1-8,12-13,19,22-24,31-32,36H,9-11,14,30H2,(H,33,39)(H,34,41)(H,35,40)(H,37,38)(H,42,43). The molecule has 2 aromatic heterocycles. The highest BCUT2D eigenvalue weighted by molar-refractivity contribution is 5.96. The summed E-state index contributed by atoms with van der Waals surface area (Å²) in [5.41, 5.74) is 9.07. The largest absolute Gasteiger partial charge is 0.481 e. The van der Waals surface area contributed by atoms with E-state index in [2.05, 4.69) is 25.9 Å². The highest BCUT2D eigenvalue weighted by atomic mass is 16.4. The molecule has 3 amide bonds. The van der Waals surface area contributed by atoms with E-state index in [1.165, 1.54) is 0 Å². The smallest absolute Gasteiger partial charge is 0.328 e. The molecule has 43 heavy (non-hydrogen) atoms. The van der Waals surface area contributed by atoms with Gasteiger partial charge in [0.2, 0.25) is 17.7 Å². The average Bonchev–Trinajstić information content (AvgIpc) is 3.58. The predicted molar refractivity (Wildman–Crippen MR) is 155 cm³/mol. The number of hydrogen-bond acceptors (Lipinski definition) is 7. The first-order valence-corrected chi connectivity index (χ1v) is 13.4. The van der Waals surface area contributed by atoms with Gasteiger partial charge in [0.25, 0.3) is 0 Å². The molecule has 14 nitrogen and oxygen atoms in total. The SMILES string of the molecule is NC(Cc1c[nH]c2ccccc12)C(=O)NC(CC(=O)O)C(=O)NC(Cc1c[nH]c2ccccc12)C(=O)NC(CO)C(=O)O. The van der Waals surface area contributed by atoms with Crippen LogP contribution in [-0.4, -0.2) is 85.7 Å². The van der Waals surface area contributed by atoms with Gasteiger partial charge in [-0.15, -0.1) is 0 Å². The van der Waals surface area contributed by atoms with Crippen molar-refractivity contribution in [3.8, 4) is 0 Å². The zero-order chi connectivity index (χ0) is 31.1. The molecule has 0 aliphatic rings. The van der Waals surface area contributed by atoms with Crippen molar-refractivity contribution in [2.75, 3.05) is 6.61 Å². The number of aliphatic carboxylic acids is 2. The first kappa shape index (κ1) is 30.7. The number of amides is 3. The number of carbonyl (C=O) groups is 5. The summed E-state index contributed by atoms with van der Waals surface area (Å²) in [6.45, 7) is -0.902. The molecule has 4 unspecified atom stereocenters. The second-order valence-electron chi connectivity index (χ2n) is 10.0. The van der Waals surface area contributed by atoms with Crippen molar-refractivity contribution >= 4 is 51.5 Å². The van der Waals surface area contributed by atoms with Gasteiger partial charge in [0.1, 0.15) is 18.1 Å². The molecule has 4 atom stereocenters. The molecule has 226 valence electrons. The van der Waals surface area contributed by atoms with Gasteiger partial charge in [-0.05, 0) is 29.7 Å². The average molecular weight is 593 g/mol. The molecule has 2 aromatic carbocycles. The predicted octanol–water partition coefficient (Wildman–Crippen LogP) is -0.232. The summed E-state index contributed by atoms with van der Waals surface area (Å²) in [6, 6.07) is 8.79. The van der Waals surface area contributed by atoms with Gasteiger partial charge in [0, 0.05) is 40.6 Å². The molecule has 2 heterocycles. The number of aliphatic hydroxyl groups is 1. The van der Waals surface area contributed by atoms with Gasteiger partial charge < -0.3 is 47.0 Å². The number of aliphatic hydroxyl groups excluding tert-OH is 1. The Labute approximate surface area is 244 Å². The van der Waals surface area contributed by atoms with Crippen molar-refractivity contribution in [2.24, 2.45) is 5.73 Å². The van der Waals surface area contributed by atoms with Crippen LogP contribution in [0.4, 0.5) is 0 Å². The van der Waals surface area contributed by atoms with E-state index in [1.807, 2.05) is 24.3 Å². The number of aromatic amines is 2. The molecule has 0 fully saturated rings. The molecule has 4 aromatic rings. The lowest BCUT2D eigenvalue weighted by atomic mass is 10.0. The molecule has 14 heteroatoms. The van der Waals surface area contributed by atoms with Gasteiger partial charge in [-0.3, -0.25) is 19.2 Å². The van der Waals surface area contributed by atoms with Crippen molar-refractivity contribution in [1.82, 2.24) is 25.9 Å². The lowest BCUT2D eigenvalue weighted by Crippen LogP contribution is -2.58. The summed E-state index contributed by atoms with van der Waals surface area (Å²) in [5.74, 6) is -5.60. The third-order valence-electron chi connectivity index (χ3n) is 6.99. The van der Waals surface area contributed by atoms with E-state index in [-0.39, 0.29) is 12.8 Å². The van der Waals surface area contributed by atoms with Crippen LogP contribution in [0.3, 0.4) is 0 Å². The van der Waals surface area contributed by atoms with Gasteiger partial charge in [-0.1, -0.05) is 36.4 Å². The molecule has 10 N–H and O–H groups in total. The molecule has 0 aliphatic heterocycles. The number of carbonyl (C=O) groups excluding carboxylic acids is 3. The topological polar surface area (TPSA) is 240 Å². The minimum absolute atomic E-state index is 0.0978. The Bertz CT molecular complexity index is 1650. The fourth-order valence-electron chi connectivity index (χ4n) is 4.75. The molecule has 0 aliphatic carbocycles. The second kappa shape index (κ2) is 13.6. The molecular formula is C29H32N6O8. The number of nitrogens with two attached hydrogens (primary N) is 1. The van der Waals surface area contributed by atoms with Crippen molar-refractivity contribution in [2.45, 2.75) is 43.4 Å². The molecule has 0 saturated heterocycles. The van der Waals surface area contributed by atoms with Crippen LogP contribution in [0.25, 0.3) is 21.8 Å². The van der Waals surface area contributed by atoms with Gasteiger partial charge in [-0.2, -0.15) is 0 Å². The van der Waals surface area contributed by atoms with E-state index < -0.39 is 66.9 Å². The summed E-state index contributed by atoms with van der Waals surface area (Å²) in [4.78, 5) is 68.6. The Morgan fingerprint density at radius 2 is 1.19 bits per heavy atom. The number of fused-ring (bicyclic) bond motifs is 2. The molecule has 0 bridgehead atoms. The summed E-state index contributed by atoms with van der Waals surface area (Å²) in [7, 11) is 0. The lowest BCUT2D eigenvalue weighted by molar-refractivity contribution is -0.144. The van der Waals surface area contributed by atoms with E-state index >= 15 is 0 Å². The number of rotatable bonds is 14. The quantitative estimate of drug-likeness (QED) is 0.0938. The summed E-state index contributed by atoms with van der Waals surface area (Å²) >= 11 is 0. The van der Waals surface area contributed by atoms with Crippen molar-refractivity contribution in [3.05, 3.63) is 72.1 Å². The molecule has 0 radical (unpaired) electrons. The van der Waals surface area contributed by atoms with Crippen LogP contribution in [0.15, 0.2) is 60.9 Å². The number of carboxylic acid groups (broad SMARTS) is 2. The van der Waals surface area contributed by atoms with E-state index in [4.69, 9.17) is 5.73 Å². The number of hydrogen-bond donors (Lipinski definition) is 9. The number of nitrogens with one attached hydrogen (secondary N) is 5. The van der Waals surface area contributed by atoms with Gasteiger partial charge in [-0.25, -0.2) is 4.79 Å². The first-order chi connectivity index (χ1) is 20.6. The Morgan fingerprint density at radius 1 is 0.698 bits per heavy atom. The molecule has 4 rings (SSSR count). The summed E-state index contributed by atoms with van der Waals surface area (Å²) in [5, 5.41) is 36.7. The maximum atomic E-state index is 13.3. The van der Waals surface area contributed by atoms with E-state index in [1.54, 1.807) is 36.7 Å². The van der Waals surface area contributed by atoms with Crippen LogP contribution in [0, 0.1) is 0 Å². The molecule has 0 spiro atoms. The van der Waals surface area contributed by atoms with Gasteiger partial charge >= 0.3 is 11.9 Å². The zero-order valence-corrected chi connectivity index (χ0v) is 22.9. The summed E-state index contributed by atoms with van der Waals surface area (Å²) in [6.07, 6.45) is 2.50. The maximum absolute atomic E-state index is 13.3. The fraction of sp³-hybridized carbons (Fsp3) is 0.276. The van der Waals surface area contributed by atoms with Gasteiger partial charge in [0.15, 0.2) is 0 Å². The van der Waals surface area contributed by atoms with E-state index in [0.717, 1.165) is 27.4 Å². The van der Waals surface area contributed by atoms with Crippen LogP contribution in [0.1, 0.15) is 17.5 Å². The maximum Gasteiger partial charge on any atom is 0.328 e. The van der Waals surface area contributed by atoms with Crippen molar-refractivity contribution in [1.29, 1.82) is 0 Å². The first-order valence-electron chi connectivity index (χ1n) is 13.4. The van der Waals surface area contributed by atoms with Gasteiger partial charge in [0.05, 0.1) is 19.1 Å².